The van der Waals surface area contributed by atoms with Crippen molar-refractivity contribution in [3.8, 4) is 0 Å². The van der Waals surface area contributed by atoms with E-state index in [2.05, 4.69) is 0 Å². The first-order valence-corrected chi connectivity index (χ1v) is 4.66. The van der Waals surface area contributed by atoms with Gasteiger partial charge in [0.15, 0.2) is 0 Å². The van der Waals surface area contributed by atoms with Gasteiger partial charge in [0.2, 0.25) is 0 Å². The maximum Gasteiger partial charge on any atom is 0.0774 e. The zero-order valence-corrected chi connectivity index (χ0v) is 6.92. The molecular weight excluding hydrogens is 138 g/mol. The Morgan fingerprint density at radius 2 is 1.82 bits per heavy atom. The third-order valence-corrected chi connectivity index (χ3v) is 3.48. The Kier molecular flexibility index (Phi) is 1.69. The molecule has 2 saturated carbocycles. The fourth-order valence-corrected chi connectivity index (χ4v) is 2.88. The summed E-state index contributed by atoms with van der Waals surface area (Å²) < 4.78 is 0. The van der Waals surface area contributed by atoms with E-state index in [0.717, 1.165) is 24.7 Å². The van der Waals surface area contributed by atoms with Gasteiger partial charge in [-0.25, -0.2) is 0 Å². The standard InChI is InChI=1S/C9H17NO/c10-6-9(11)4-7-2-1-3-8(7)5-9/h7-8,11H,1-6,10H2. The van der Waals surface area contributed by atoms with Crippen molar-refractivity contribution in [2.45, 2.75) is 37.7 Å². The summed E-state index contributed by atoms with van der Waals surface area (Å²) in [5.41, 5.74) is 5.03. The third kappa shape index (κ3) is 1.18. The molecule has 2 aliphatic rings. The number of fused-ring (bicyclic) bond motifs is 1. The van der Waals surface area contributed by atoms with E-state index in [-0.39, 0.29) is 0 Å². The summed E-state index contributed by atoms with van der Waals surface area (Å²) in [6.07, 6.45) is 5.96. The molecule has 0 bridgehead atoms. The maximum atomic E-state index is 9.88. The Hall–Kier alpha value is -0.0800. The quantitative estimate of drug-likeness (QED) is 0.590. The molecule has 2 fully saturated rings. The number of nitrogens with two attached hydrogens (primary N) is 1. The van der Waals surface area contributed by atoms with Crippen LogP contribution in [0.4, 0.5) is 0 Å². The van der Waals surface area contributed by atoms with Crippen LogP contribution in [-0.2, 0) is 0 Å². The van der Waals surface area contributed by atoms with Gasteiger partial charge in [-0.2, -0.15) is 0 Å². The van der Waals surface area contributed by atoms with Crippen molar-refractivity contribution >= 4 is 0 Å². The van der Waals surface area contributed by atoms with Crippen molar-refractivity contribution in [3.05, 3.63) is 0 Å². The van der Waals surface area contributed by atoms with Crippen molar-refractivity contribution in [2.75, 3.05) is 6.54 Å². The molecule has 2 heteroatoms. The molecule has 0 aliphatic heterocycles. The van der Waals surface area contributed by atoms with Crippen LogP contribution in [0.3, 0.4) is 0 Å². The van der Waals surface area contributed by atoms with Gasteiger partial charge in [-0.05, 0) is 24.7 Å². The van der Waals surface area contributed by atoms with Crippen LogP contribution >= 0.6 is 0 Å². The molecule has 2 atom stereocenters. The predicted octanol–water partition coefficient (Wildman–Crippen LogP) is 0.886. The molecular formula is C9H17NO. The van der Waals surface area contributed by atoms with Crippen LogP contribution in [0, 0.1) is 11.8 Å². The summed E-state index contributed by atoms with van der Waals surface area (Å²) >= 11 is 0. The van der Waals surface area contributed by atoms with Crippen LogP contribution in [0.15, 0.2) is 0 Å². The van der Waals surface area contributed by atoms with Crippen molar-refractivity contribution in [3.63, 3.8) is 0 Å². The van der Waals surface area contributed by atoms with Crippen LogP contribution in [0.1, 0.15) is 32.1 Å². The molecule has 11 heavy (non-hydrogen) atoms. The van der Waals surface area contributed by atoms with E-state index in [0.29, 0.717) is 6.54 Å². The Morgan fingerprint density at radius 3 is 2.27 bits per heavy atom. The summed E-state index contributed by atoms with van der Waals surface area (Å²) in [7, 11) is 0. The number of hydrogen-bond donors (Lipinski definition) is 2. The summed E-state index contributed by atoms with van der Waals surface area (Å²) in [6, 6.07) is 0. The lowest BCUT2D eigenvalue weighted by Gasteiger charge is -2.20. The van der Waals surface area contributed by atoms with Crippen LogP contribution in [0.5, 0.6) is 0 Å². The highest BCUT2D eigenvalue weighted by molar-refractivity contribution is 4.97. The summed E-state index contributed by atoms with van der Waals surface area (Å²) in [6.45, 7) is 0.458. The Morgan fingerprint density at radius 1 is 1.27 bits per heavy atom. The molecule has 0 amide bonds. The highest BCUT2D eigenvalue weighted by Crippen LogP contribution is 2.48. The molecule has 0 aromatic rings. The van der Waals surface area contributed by atoms with E-state index in [1.807, 2.05) is 0 Å². The molecule has 64 valence electrons. The number of aliphatic hydroxyl groups is 1. The second-order valence-electron chi connectivity index (χ2n) is 4.29. The van der Waals surface area contributed by atoms with E-state index in [9.17, 15) is 5.11 Å². The van der Waals surface area contributed by atoms with E-state index in [1.165, 1.54) is 19.3 Å². The molecule has 0 aromatic carbocycles. The van der Waals surface area contributed by atoms with Gasteiger partial charge in [-0.1, -0.05) is 19.3 Å². The number of rotatable bonds is 1. The summed E-state index contributed by atoms with van der Waals surface area (Å²) in [5.74, 6) is 1.59. The van der Waals surface area contributed by atoms with E-state index >= 15 is 0 Å². The first-order chi connectivity index (χ1) is 5.23. The molecule has 0 spiro atoms. The fraction of sp³-hybridized carbons (Fsp3) is 1.00. The zero-order valence-electron chi connectivity index (χ0n) is 6.92. The molecule has 0 heterocycles. The second-order valence-corrected chi connectivity index (χ2v) is 4.29. The summed E-state index contributed by atoms with van der Waals surface area (Å²) in [5, 5.41) is 9.88. The Bertz CT molecular complexity index is 146. The van der Waals surface area contributed by atoms with Crippen molar-refractivity contribution in [1.82, 2.24) is 0 Å². The minimum Gasteiger partial charge on any atom is -0.389 e. The summed E-state index contributed by atoms with van der Waals surface area (Å²) in [4.78, 5) is 0. The Labute approximate surface area is 67.8 Å². The van der Waals surface area contributed by atoms with Crippen LogP contribution in [0.2, 0.25) is 0 Å². The normalized spacial score (nSPS) is 49.6. The van der Waals surface area contributed by atoms with Gasteiger partial charge in [0.05, 0.1) is 5.60 Å². The van der Waals surface area contributed by atoms with Crippen LogP contribution < -0.4 is 5.73 Å². The first kappa shape index (κ1) is 7.56. The largest absolute Gasteiger partial charge is 0.389 e. The third-order valence-electron chi connectivity index (χ3n) is 3.48. The average molecular weight is 155 g/mol. The molecule has 3 N–H and O–H groups in total. The lowest BCUT2D eigenvalue weighted by molar-refractivity contribution is 0.0479. The van der Waals surface area contributed by atoms with Gasteiger partial charge in [0.1, 0.15) is 0 Å². The lowest BCUT2D eigenvalue weighted by atomic mass is 9.99. The molecule has 2 nitrogen and oxygen atoms in total. The molecule has 2 unspecified atom stereocenters. The van der Waals surface area contributed by atoms with Crippen LogP contribution in [0.25, 0.3) is 0 Å². The van der Waals surface area contributed by atoms with E-state index < -0.39 is 5.60 Å². The SMILES string of the molecule is NCC1(O)CC2CCCC2C1. The highest BCUT2D eigenvalue weighted by atomic mass is 16.3. The highest BCUT2D eigenvalue weighted by Gasteiger charge is 2.44. The minimum atomic E-state index is -0.490. The van der Waals surface area contributed by atoms with Crippen LogP contribution in [-0.4, -0.2) is 17.3 Å². The van der Waals surface area contributed by atoms with Crippen molar-refractivity contribution in [2.24, 2.45) is 17.6 Å². The first-order valence-electron chi connectivity index (χ1n) is 4.66. The average Bonchev–Trinajstić information content (AvgIpc) is 2.46. The second kappa shape index (κ2) is 2.46. The Balaban J connectivity index is 2.04. The van der Waals surface area contributed by atoms with Gasteiger partial charge >= 0.3 is 0 Å². The molecule has 0 saturated heterocycles. The lowest BCUT2D eigenvalue weighted by Crippen LogP contribution is -2.35. The number of hydrogen-bond acceptors (Lipinski definition) is 2. The van der Waals surface area contributed by atoms with Gasteiger partial charge < -0.3 is 10.8 Å². The van der Waals surface area contributed by atoms with Gasteiger partial charge in [-0.3, -0.25) is 0 Å². The molecule has 2 rings (SSSR count). The monoisotopic (exact) mass is 155 g/mol. The van der Waals surface area contributed by atoms with E-state index in [1.54, 1.807) is 0 Å². The zero-order chi connectivity index (χ0) is 7.90. The van der Waals surface area contributed by atoms with Crippen molar-refractivity contribution in [1.29, 1.82) is 0 Å². The molecule has 2 aliphatic carbocycles. The minimum absolute atomic E-state index is 0.458. The maximum absolute atomic E-state index is 9.88. The van der Waals surface area contributed by atoms with Gasteiger partial charge in [-0.15, -0.1) is 0 Å². The predicted molar refractivity (Wildman–Crippen MR) is 44.1 cm³/mol. The molecule has 0 aromatic heterocycles. The topological polar surface area (TPSA) is 46.2 Å². The molecule has 0 radical (unpaired) electrons. The smallest absolute Gasteiger partial charge is 0.0774 e. The van der Waals surface area contributed by atoms with Gasteiger partial charge in [0, 0.05) is 6.54 Å². The van der Waals surface area contributed by atoms with E-state index in [4.69, 9.17) is 5.73 Å². The fourth-order valence-electron chi connectivity index (χ4n) is 2.88. The van der Waals surface area contributed by atoms with Crippen molar-refractivity contribution < 1.29 is 5.11 Å². The van der Waals surface area contributed by atoms with Gasteiger partial charge in [0.25, 0.3) is 0 Å².